The first-order chi connectivity index (χ1) is 18.4. The third-order valence-corrected chi connectivity index (χ3v) is 8.41. The number of aliphatic hydroxyl groups is 1. The van der Waals surface area contributed by atoms with Crippen molar-refractivity contribution in [2.24, 2.45) is 4.99 Å². The Morgan fingerprint density at radius 3 is 2.69 bits per heavy atom. The quantitative estimate of drug-likeness (QED) is 0.422. The van der Waals surface area contributed by atoms with E-state index in [1.54, 1.807) is 11.6 Å². The number of benzene rings is 1. The molecule has 2 bridgehead atoms. The minimum absolute atomic E-state index is 0.000372. The van der Waals surface area contributed by atoms with Crippen LogP contribution in [0, 0.1) is 5.82 Å². The van der Waals surface area contributed by atoms with Crippen LogP contribution in [-0.4, -0.2) is 75.1 Å². The first-order valence-corrected chi connectivity index (χ1v) is 13.3. The molecule has 3 N–H and O–H groups in total. The minimum atomic E-state index is -3.20. The van der Waals surface area contributed by atoms with Gasteiger partial charge in [-0.25, -0.2) is 27.9 Å². The fourth-order valence-electron chi connectivity index (χ4n) is 5.73. The minimum Gasteiger partial charge on any atom is -0.481 e. The highest BCUT2D eigenvalue weighted by Gasteiger charge is 2.61. The number of nitrogens with zero attached hydrogens (tertiary/aromatic N) is 3. The van der Waals surface area contributed by atoms with Crippen molar-refractivity contribution in [1.82, 2.24) is 15.2 Å². The summed E-state index contributed by atoms with van der Waals surface area (Å²) in [5, 5.41) is 25.4. The average molecular weight is 585 g/mol. The molecule has 3 aliphatic rings. The van der Waals surface area contributed by atoms with Crippen LogP contribution in [0.1, 0.15) is 42.3 Å². The summed E-state index contributed by atoms with van der Waals surface area (Å²) in [5.41, 5.74) is -1.33. The summed E-state index contributed by atoms with van der Waals surface area (Å²) in [7, 11) is 1.17. The molecule has 0 radical (unpaired) electrons. The number of aliphatic imine (C=N–C) groups is 1. The van der Waals surface area contributed by atoms with Crippen molar-refractivity contribution in [3.63, 3.8) is 0 Å². The zero-order chi connectivity index (χ0) is 28.1. The Hall–Kier alpha value is -3.00. The number of rotatable bonds is 7. The van der Waals surface area contributed by atoms with E-state index in [4.69, 9.17) is 16.3 Å². The molecule has 2 saturated heterocycles. The lowest BCUT2D eigenvalue weighted by Crippen LogP contribution is -2.55. The standard InChI is InChI=1S/C25H24ClF3N4O5S/c1-38-23(36)19-16(11-33-13-7-24(37,10-18(34)35)9-17(33)25(28,29)8-13)31-21(22-30-4-5-39-22)32-20(19)14-3-2-12(27)6-15(14)26/h2-6,13,17,20,37H,7-11H2,1H3,(H,31,32)(H,34,35)/t13?,17?,20-,24-/m0/s1. The van der Waals surface area contributed by atoms with Gasteiger partial charge in [0.1, 0.15) is 5.82 Å². The summed E-state index contributed by atoms with van der Waals surface area (Å²) in [6.45, 7) is -0.218. The van der Waals surface area contributed by atoms with E-state index < -0.39 is 66.7 Å². The average Bonchev–Trinajstić information content (AvgIpc) is 3.43. The number of methoxy groups -OCH3 is 1. The first-order valence-electron chi connectivity index (χ1n) is 12.0. The van der Waals surface area contributed by atoms with Crippen molar-refractivity contribution in [2.75, 3.05) is 13.7 Å². The van der Waals surface area contributed by atoms with Crippen LogP contribution in [0.2, 0.25) is 5.02 Å². The van der Waals surface area contributed by atoms with Crippen LogP contribution in [0.4, 0.5) is 13.2 Å². The summed E-state index contributed by atoms with van der Waals surface area (Å²) in [6.07, 6.45) is -0.312. The first kappa shape index (κ1) is 27.6. The highest BCUT2D eigenvalue weighted by atomic mass is 35.5. The molecule has 2 unspecified atom stereocenters. The second-order valence-corrected chi connectivity index (χ2v) is 11.2. The number of thiazole rings is 1. The van der Waals surface area contributed by atoms with Gasteiger partial charge in [-0.1, -0.05) is 17.7 Å². The molecule has 4 heterocycles. The van der Waals surface area contributed by atoms with Crippen molar-refractivity contribution < 1.29 is 37.7 Å². The number of esters is 1. The Morgan fingerprint density at radius 2 is 2.08 bits per heavy atom. The van der Waals surface area contributed by atoms with Crippen LogP contribution < -0.4 is 5.32 Å². The van der Waals surface area contributed by atoms with Gasteiger partial charge >= 0.3 is 11.9 Å². The van der Waals surface area contributed by atoms with E-state index in [-0.39, 0.29) is 35.1 Å². The van der Waals surface area contributed by atoms with Gasteiger partial charge in [-0.15, -0.1) is 11.3 Å². The smallest absolute Gasteiger partial charge is 0.338 e. The summed E-state index contributed by atoms with van der Waals surface area (Å²) >= 11 is 7.62. The van der Waals surface area contributed by atoms with Crippen molar-refractivity contribution in [2.45, 2.75) is 55.3 Å². The van der Waals surface area contributed by atoms with Gasteiger partial charge in [-0.2, -0.15) is 0 Å². The number of hydrogen-bond acceptors (Lipinski definition) is 9. The molecule has 5 rings (SSSR count). The Morgan fingerprint density at radius 1 is 1.31 bits per heavy atom. The largest absolute Gasteiger partial charge is 0.481 e. The fourth-order valence-corrected chi connectivity index (χ4v) is 6.59. The van der Waals surface area contributed by atoms with Crippen LogP contribution in [0.15, 0.2) is 46.0 Å². The second-order valence-electron chi connectivity index (χ2n) is 9.90. The third-order valence-electron chi connectivity index (χ3n) is 7.31. The number of carboxylic acid groups (broad SMARTS) is 1. The molecular formula is C25H24ClF3N4O5S. The molecule has 2 fully saturated rings. The number of carbonyl (C=O) groups excluding carboxylic acids is 1. The zero-order valence-electron chi connectivity index (χ0n) is 20.5. The molecule has 0 spiro atoms. The molecule has 1 aromatic carbocycles. The SMILES string of the molecule is COC(=O)C1=C(CN2C3CC(F)(F)C2C[C@](O)(CC(=O)O)C3)N=C(c2nccs2)N[C@H]1c1ccc(F)cc1Cl. The Bertz CT molecular complexity index is 1370. The molecule has 3 aliphatic heterocycles. The number of ether oxygens (including phenoxy) is 1. The summed E-state index contributed by atoms with van der Waals surface area (Å²) in [6, 6.07) is 0.371. The zero-order valence-corrected chi connectivity index (χ0v) is 22.1. The third kappa shape index (κ3) is 5.28. The number of hydrogen-bond donors (Lipinski definition) is 3. The van der Waals surface area contributed by atoms with Crippen LogP contribution in [0.25, 0.3) is 0 Å². The predicted molar refractivity (Wildman–Crippen MR) is 135 cm³/mol. The van der Waals surface area contributed by atoms with E-state index in [0.29, 0.717) is 10.6 Å². The number of fused-ring (bicyclic) bond motifs is 2. The maximum atomic E-state index is 15.1. The van der Waals surface area contributed by atoms with E-state index in [9.17, 15) is 24.2 Å². The van der Waals surface area contributed by atoms with E-state index in [2.05, 4.69) is 15.3 Å². The lowest BCUT2D eigenvalue weighted by atomic mass is 9.83. The number of carboxylic acids is 1. The molecule has 0 aliphatic carbocycles. The molecule has 9 nitrogen and oxygen atoms in total. The van der Waals surface area contributed by atoms with Gasteiger partial charge in [0.15, 0.2) is 10.8 Å². The molecule has 1 aromatic heterocycles. The number of amidine groups is 1. The highest BCUT2D eigenvalue weighted by molar-refractivity contribution is 7.11. The Balaban J connectivity index is 1.60. The lowest BCUT2D eigenvalue weighted by Gasteiger charge is -2.43. The van der Waals surface area contributed by atoms with Gasteiger partial charge < -0.3 is 20.3 Å². The van der Waals surface area contributed by atoms with E-state index in [1.165, 1.54) is 35.5 Å². The maximum absolute atomic E-state index is 15.1. The van der Waals surface area contributed by atoms with Gasteiger partial charge in [-0.3, -0.25) is 9.69 Å². The number of aromatic nitrogens is 1. The van der Waals surface area contributed by atoms with Crippen molar-refractivity contribution in [3.05, 3.63) is 62.5 Å². The van der Waals surface area contributed by atoms with Gasteiger partial charge in [-0.05, 0) is 30.5 Å². The highest BCUT2D eigenvalue weighted by Crippen LogP contribution is 2.50. The summed E-state index contributed by atoms with van der Waals surface area (Å²) in [5.74, 6) is -5.59. The van der Waals surface area contributed by atoms with E-state index >= 15 is 8.78 Å². The van der Waals surface area contributed by atoms with Crippen LogP contribution >= 0.6 is 22.9 Å². The second kappa shape index (κ2) is 10.2. The fraction of sp³-hybridized carbons (Fsp3) is 0.440. The number of carbonyl (C=O) groups is 2. The van der Waals surface area contributed by atoms with Crippen LogP contribution in [0.5, 0.6) is 0 Å². The number of halogens is 4. The summed E-state index contributed by atoms with van der Waals surface area (Å²) < 4.78 is 49.1. The molecule has 2 aromatic rings. The molecule has 14 heteroatoms. The molecule has 208 valence electrons. The number of nitrogens with one attached hydrogen (secondary N) is 1. The monoisotopic (exact) mass is 584 g/mol. The number of piperidine rings is 1. The lowest BCUT2D eigenvalue weighted by molar-refractivity contribution is -0.148. The van der Waals surface area contributed by atoms with Crippen LogP contribution in [-0.2, 0) is 14.3 Å². The van der Waals surface area contributed by atoms with Crippen molar-refractivity contribution >= 4 is 40.7 Å². The Kier molecular flexibility index (Phi) is 7.20. The van der Waals surface area contributed by atoms with Gasteiger partial charge in [0.05, 0.1) is 42.5 Å². The molecule has 0 saturated carbocycles. The maximum Gasteiger partial charge on any atom is 0.338 e. The van der Waals surface area contributed by atoms with Crippen LogP contribution in [0.3, 0.4) is 0 Å². The van der Waals surface area contributed by atoms with Crippen molar-refractivity contribution in [3.8, 4) is 0 Å². The molecule has 0 amide bonds. The molecular weight excluding hydrogens is 561 g/mol. The number of alkyl halides is 2. The summed E-state index contributed by atoms with van der Waals surface area (Å²) in [4.78, 5) is 34.7. The predicted octanol–water partition coefficient (Wildman–Crippen LogP) is 3.53. The normalized spacial score (nSPS) is 28.2. The van der Waals surface area contributed by atoms with E-state index in [1.807, 2.05) is 0 Å². The topological polar surface area (TPSA) is 124 Å². The number of aliphatic carboxylic acids is 1. The van der Waals surface area contributed by atoms with E-state index in [0.717, 1.165) is 6.07 Å². The molecule has 4 atom stereocenters. The van der Waals surface area contributed by atoms with Gasteiger partial charge in [0.2, 0.25) is 0 Å². The Labute approximate surface area is 230 Å². The van der Waals surface area contributed by atoms with Crippen molar-refractivity contribution in [1.29, 1.82) is 0 Å². The van der Waals surface area contributed by atoms with Gasteiger partial charge in [0.25, 0.3) is 5.92 Å². The molecule has 39 heavy (non-hydrogen) atoms. The van der Waals surface area contributed by atoms with Gasteiger partial charge in [0, 0.05) is 35.6 Å².